The van der Waals surface area contributed by atoms with Gasteiger partial charge in [-0.1, -0.05) is 24.3 Å². The molecule has 0 aliphatic rings. The van der Waals surface area contributed by atoms with Crippen molar-refractivity contribution in [1.29, 1.82) is 0 Å². The highest BCUT2D eigenvalue weighted by atomic mass is 19.4. The average molecular weight is 280 g/mol. The lowest BCUT2D eigenvalue weighted by atomic mass is 9.97. The molecule has 1 heterocycles. The van der Waals surface area contributed by atoms with Crippen molar-refractivity contribution in [3.63, 3.8) is 0 Å². The monoisotopic (exact) mass is 280 g/mol. The second-order valence-corrected chi connectivity index (χ2v) is 4.69. The van der Waals surface area contributed by atoms with Gasteiger partial charge in [-0.3, -0.25) is 4.98 Å². The van der Waals surface area contributed by atoms with Gasteiger partial charge in [-0.2, -0.15) is 13.2 Å². The second kappa shape index (κ2) is 5.63. The van der Waals surface area contributed by atoms with Crippen molar-refractivity contribution >= 4 is 0 Å². The van der Waals surface area contributed by atoms with Crippen LogP contribution in [-0.4, -0.2) is 4.98 Å². The number of benzene rings is 1. The summed E-state index contributed by atoms with van der Waals surface area (Å²) in [5.74, 6) is 0. The zero-order valence-corrected chi connectivity index (χ0v) is 11.0. The van der Waals surface area contributed by atoms with E-state index in [1.54, 1.807) is 18.3 Å². The Hall–Kier alpha value is -1.88. The van der Waals surface area contributed by atoms with Crippen LogP contribution in [0.25, 0.3) is 0 Å². The summed E-state index contributed by atoms with van der Waals surface area (Å²) in [6.07, 6.45) is -2.32. The molecule has 5 heteroatoms. The summed E-state index contributed by atoms with van der Waals surface area (Å²) in [6, 6.07) is 8.51. The molecule has 0 spiro atoms. The van der Waals surface area contributed by atoms with Gasteiger partial charge in [-0.25, -0.2) is 0 Å². The third kappa shape index (κ3) is 3.36. The molecule has 0 amide bonds. The maximum absolute atomic E-state index is 12.7. The number of nitrogens with two attached hydrogens (primary N) is 1. The number of aromatic nitrogens is 1. The molecule has 1 atom stereocenters. The summed E-state index contributed by atoms with van der Waals surface area (Å²) < 4.78 is 38.0. The fourth-order valence-corrected chi connectivity index (χ4v) is 2.13. The number of hydrogen-bond donors (Lipinski definition) is 1. The molecule has 0 bridgehead atoms. The van der Waals surface area contributed by atoms with Crippen molar-refractivity contribution < 1.29 is 13.2 Å². The lowest BCUT2D eigenvalue weighted by molar-refractivity contribution is -0.137. The molecule has 1 unspecified atom stereocenters. The Morgan fingerprint density at radius 3 is 2.60 bits per heavy atom. The summed E-state index contributed by atoms with van der Waals surface area (Å²) in [5, 5.41) is 0. The van der Waals surface area contributed by atoms with Gasteiger partial charge in [0.1, 0.15) is 0 Å². The molecule has 0 saturated heterocycles. The zero-order valence-electron chi connectivity index (χ0n) is 11.0. The van der Waals surface area contributed by atoms with Gasteiger partial charge in [-0.05, 0) is 36.6 Å². The first-order chi connectivity index (χ1) is 9.38. The second-order valence-electron chi connectivity index (χ2n) is 4.69. The van der Waals surface area contributed by atoms with Crippen LogP contribution in [0.3, 0.4) is 0 Å². The summed E-state index contributed by atoms with van der Waals surface area (Å²) in [7, 11) is 0. The van der Waals surface area contributed by atoms with E-state index < -0.39 is 11.7 Å². The van der Waals surface area contributed by atoms with Gasteiger partial charge in [0.2, 0.25) is 0 Å². The molecule has 0 fully saturated rings. The molecule has 0 saturated carbocycles. The van der Waals surface area contributed by atoms with Crippen LogP contribution >= 0.6 is 0 Å². The lowest BCUT2D eigenvalue weighted by Crippen LogP contribution is -2.15. The van der Waals surface area contributed by atoms with Crippen LogP contribution in [0, 0.1) is 6.92 Å². The zero-order chi connectivity index (χ0) is 14.8. The first-order valence-electron chi connectivity index (χ1n) is 6.21. The summed E-state index contributed by atoms with van der Waals surface area (Å²) in [4.78, 5) is 4.14. The van der Waals surface area contributed by atoms with E-state index in [2.05, 4.69) is 4.98 Å². The number of alkyl halides is 3. The van der Waals surface area contributed by atoms with Crippen LogP contribution < -0.4 is 5.73 Å². The number of rotatable bonds is 3. The average Bonchev–Trinajstić information content (AvgIpc) is 2.38. The molecule has 0 aliphatic carbocycles. The van der Waals surface area contributed by atoms with Crippen molar-refractivity contribution in [2.45, 2.75) is 25.6 Å². The summed E-state index contributed by atoms with van der Waals surface area (Å²) in [6.45, 7) is 1.83. The van der Waals surface area contributed by atoms with Gasteiger partial charge >= 0.3 is 6.18 Å². The Kier molecular flexibility index (Phi) is 4.09. The first-order valence-corrected chi connectivity index (χ1v) is 6.21. The van der Waals surface area contributed by atoms with Gasteiger partial charge in [-0.15, -0.1) is 0 Å². The minimum absolute atomic E-state index is 0.344. The van der Waals surface area contributed by atoms with E-state index in [0.717, 1.165) is 23.4 Å². The third-order valence-electron chi connectivity index (χ3n) is 3.16. The van der Waals surface area contributed by atoms with Crippen LogP contribution in [0.1, 0.15) is 28.4 Å². The van der Waals surface area contributed by atoms with Crippen LogP contribution in [0.15, 0.2) is 42.6 Å². The Labute approximate surface area is 115 Å². The van der Waals surface area contributed by atoms with E-state index in [4.69, 9.17) is 5.73 Å². The molecular weight excluding hydrogens is 265 g/mol. The normalized spacial score (nSPS) is 13.2. The van der Waals surface area contributed by atoms with Gasteiger partial charge in [0.05, 0.1) is 5.56 Å². The number of hydrogen-bond acceptors (Lipinski definition) is 2. The number of aryl methyl sites for hydroxylation is 1. The van der Waals surface area contributed by atoms with Crippen molar-refractivity contribution in [2.24, 2.45) is 5.73 Å². The Morgan fingerprint density at radius 2 is 1.95 bits per heavy atom. The predicted octanol–water partition coefficient (Wildman–Crippen LogP) is 3.65. The molecule has 1 aromatic carbocycles. The minimum Gasteiger partial charge on any atom is -0.324 e. The molecule has 2 N–H and O–H groups in total. The van der Waals surface area contributed by atoms with Gasteiger partial charge in [0.25, 0.3) is 0 Å². The Morgan fingerprint density at radius 1 is 1.20 bits per heavy atom. The highest BCUT2D eigenvalue weighted by Gasteiger charge is 2.30. The standard InChI is InChI=1S/C15H15F3N2/c1-10-13(6-3-7-20-10)14(19)9-11-4-2-5-12(8-11)15(16,17)18/h2-8,14H,9,19H2,1H3. The van der Waals surface area contributed by atoms with Gasteiger partial charge in [0, 0.05) is 17.9 Å². The Balaban J connectivity index is 2.20. The number of pyridine rings is 1. The summed E-state index contributed by atoms with van der Waals surface area (Å²) in [5.41, 5.74) is 7.63. The number of nitrogens with zero attached hydrogens (tertiary/aromatic N) is 1. The van der Waals surface area contributed by atoms with Crippen molar-refractivity contribution in [2.75, 3.05) is 0 Å². The SMILES string of the molecule is Cc1ncccc1C(N)Cc1cccc(C(F)(F)F)c1. The highest BCUT2D eigenvalue weighted by Crippen LogP contribution is 2.30. The van der Waals surface area contributed by atoms with Gasteiger partial charge in [0.15, 0.2) is 0 Å². The van der Waals surface area contributed by atoms with Crippen LogP contribution in [-0.2, 0) is 12.6 Å². The fourth-order valence-electron chi connectivity index (χ4n) is 2.13. The maximum atomic E-state index is 12.7. The van der Waals surface area contributed by atoms with Crippen molar-refractivity contribution in [3.05, 3.63) is 65.0 Å². The van der Waals surface area contributed by atoms with E-state index in [-0.39, 0.29) is 6.04 Å². The molecule has 20 heavy (non-hydrogen) atoms. The van der Waals surface area contributed by atoms with Crippen LogP contribution in [0.5, 0.6) is 0 Å². The summed E-state index contributed by atoms with van der Waals surface area (Å²) >= 11 is 0. The van der Waals surface area contributed by atoms with E-state index in [9.17, 15) is 13.2 Å². The Bertz CT molecular complexity index is 594. The van der Waals surface area contributed by atoms with Crippen LogP contribution in [0.2, 0.25) is 0 Å². The van der Waals surface area contributed by atoms with E-state index in [1.807, 2.05) is 13.0 Å². The predicted molar refractivity (Wildman–Crippen MR) is 71.1 cm³/mol. The topological polar surface area (TPSA) is 38.9 Å². The third-order valence-corrected chi connectivity index (χ3v) is 3.16. The van der Waals surface area contributed by atoms with E-state index >= 15 is 0 Å². The molecule has 2 aromatic rings. The highest BCUT2D eigenvalue weighted by molar-refractivity contribution is 5.29. The van der Waals surface area contributed by atoms with Crippen molar-refractivity contribution in [3.8, 4) is 0 Å². The molecule has 0 radical (unpaired) electrons. The lowest BCUT2D eigenvalue weighted by Gasteiger charge is -2.15. The van der Waals surface area contributed by atoms with Crippen molar-refractivity contribution in [1.82, 2.24) is 4.98 Å². The molecule has 2 nitrogen and oxygen atoms in total. The maximum Gasteiger partial charge on any atom is 0.416 e. The van der Waals surface area contributed by atoms with Crippen LogP contribution in [0.4, 0.5) is 13.2 Å². The molecule has 1 aromatic heterocycles. The minimum atomic E-state index is -4.33. The van der Waals surface area contributed by atoms with Gasteiger partial charge < -0.3 is 5.73 Å². The molecular formula is C15H15F3N2. The number of halogens is 3. The van der Waals surface area contributed by atoms with E-state index in [1.165, 1.54) is 6.07 Å². The smallest absolute Gasteiger partial charge is 0.324 e. The molecule has 106 valence electrons. The van der Waals surface area contributed by atoms with E-state index in [0.29, 0.717) is 12.0 Å². The quantitative estimate of drug-likeness (QED) is 0.932. The molecule has 0 aliphatic heterocycles. The largest absolute Gasteiger partial charge is 0.416 e. The first kappa shape index (κ1) is 14.5. The molecule has 2 rings (SSSR count). The fraction of sp³-hybridized carbons (Fsp3) is 0.267.